The van der Waals surface area contributed by atoms with Crippen molar-refractivity contribution in [3.05, 3.63) is 69.8 Å². The molecule has 0 fully saturated rings. The lowest BCUT2D eigenvalue weighted by Crippen LogP contribution is -2.13. The van der Waals surface area contributed by atoms with Gasteiger partial charge < -0.3 is 20.4 Å². The minimum Gasteiger partial charge on any atom is -0.503 e. The number of H-pyrrole nitrogens is 1. The Morgan fingerprint density at radius 2 is 2.28 bits per heavy atom. The average molecular weight is 355 g/mol. The predicted octanol–water partition coefficient (Wildman–Crippen LogP) is 3.25. The van der Waals surface area contributed by atoms with Crippen LogP contribution in [0.3, 0.4) is 0 Å². The Hall–Kier alpha value is -2.99. The summed E-state index contributed by atoms with van der Waals surface area (Å²) in [4.78, 5) is 18.9. The van der Waals surface area contributed by atoms with E-state index in [4.69, 9.17) is 17.3 Å². The fraction of sp³-hybridized carbons (Fsp3) is 0.111. The predicted molar refractivity (Wildman–Crippen MR) is 98.7 cm³/mol. The van der Waals surface area contributed by atoms with Crippen molar-refractivity contribution >= 4 is 34.1 Å². The van der Waals surface area contributed by atoms with E-state index in [9.17, 15) is 9.90 Å². The highest BCUT2D eigenvalue weighted by molar-refractivity contribution is 6.32. The number of fused-ring (bicyclic) bond motifs is 1. The highest BCUT2D eigenvalue weighted by Gasteiger charge is 2.21. The zero-order chi connectivity index (χ0) is 17.6. The monoisotopic (exact) mass is 354 g/mol. The largest absolute Gasteiger partial charge is 0.503 e. The zero-order valence-electron chi connectivity index (χ0n) is 13.1. The van der Waals surface area contributed by atoms with E-state index < -0.39 is 5.43 Å². The number of anilines is 1. The van der Waals surface area contributed by atoms with Crippen LogP contribution in [0, 0.1) is 0 Å². The molecule has 4 N–H and O–H groups in total. The molecular formula is C18H15ClN4O2. The first-order valence-corrected chi connectivity index (χ1v) is 8.13. The van der Waals surface area contributed by atoms with Crippen LogP contribution in [-0.4, -0.2) is 19.6 Å². The summed E-state index contributed by atoms with van der Waals surface area (Å²) >= 11 is 6.42. The molecule has 0 saturated heterocycles. The van der Waals surface area contributed by atoms with Gasteiger partial charge in [0.15, 0.2) is 5.75 Å². The fourth-order valence-electron chi connectivity index (χ4n) is 3.21. The summed E-state index contributed by atoms with van der Waals surface area (Å²) in [5.41, 5.74) is 8.08. The number of aromatic hydroxyl groups is 1. The average Bonchev–Trinajstić information content (AvgIpc) is 3.06. The van der Waals surface area contributed by atoms with E-state index in [0.29, 0.717) is 11.4 Å². The third kappa shape index (κ3) is 2.60. The molecule has 0 amide bonds. The van der Waals surface area contributed by atoms with Crippen molar-refractivity contribution < 1.29 is 5.11 Å². The number of nitrogens with two attached hydrogens (primary N) is 1. The first-order chi connectivity index (χ1) is 12.0. The number of halogens is 1. The number of nitrogens with zero attached hydrogens (tertiary/aromatic N) is 2. The van der Waals surface area contributed by atoms with Crippen molar-refractivity contribution in [2.24, 2.45) is 0 Å². The maximum Gasteiger partial charge on any atom is 0.225 e. The van der Waals surface area contributed by atoms with Gasteiger partial charge in [-0.3, -0.25) is 4.79 Å². The number of allylic oxidation sites excluding steroid dienone is 4. The Morgan fingerprint density at radius 3 is 3.12 bits per heavy atom. The van der Waals surface area contributed by atoms with Crippen LogP contribution in [0.1, 0.15) is 17.9 Å². The zero-order valence-corrected chi connectivity index (χ0v) is 13.9. The molecule has 0 radical (unpaired) electrons. The molecule has 1 atom stereocenters. The van der Waals surface area contributed by atoms with Crippen LogP contribution in [0.15, 0.2) is 53.7 Å². The highest BCUT2D eigenvalue weighted by Crippen LogP contribution is 2.38. The Morgan fingerprint density at radius 1 is 1.44 bits per heavy atom. The van der Waals surface area contributed by atoms with E-state index in [1.807, 2.05) is 24.4 Å². The number of nitrogens with one attached hydrogen (secondary N) is 1. The minimum atomic E-state index is -0.497. The fourth-order valence-corrected chi connectivity index (χ4v) is 3.50. The first kappa shape index (κ1) is 15.5. The summed E-state index contributed by atoms with van der Waals surface area (Å²) in [7, 11) is 0. The first-order valence-electron chi connectivity index (χ1n) is 7.75. The van der Waals surface area contributed by atoms with E-state index in [2.05, 4.69) is 16.0 Å². The SMILES string of the molecule is Nc1cc(=O)c(O)cn1C1=CC=CC(c2c(Cl)cnc3[nH]ccc23)C1. The molecule has 1 unspecified atom stereocenters. The Labute approximate surface area is 147 Å². The van der Waals surface area contributed by atoms with Gasteiger partial charge in [-0.2, -0.15) is 0 Å². The lowest BCUT2D eigenvalue weighted by atomic mass is 9.89. The molecule has 0 spiro atoms. The van der Waals surface area contributed by atoms with Crippen molar-refractivity contribution in [1.29, 1.82) is 0 Å². The summed E-state index contributed by atoms with van der Waals surface area (Å²) in [6.45, 7) is 0. The molecule has 126 valence electrons. The van der Waals surface area contributed by atoms with E-state index in [-0.39, 0.29) is 17.5 Å². The summed E-state index contributed by atoms with van der Waals surface area (Å²) in [5.74, 6) is -0.0401. The molecule has 6 nitrogen and oxygen atoms in total. The molecule has 1 aliphatic carbocycles. The van der Waals surface area contributed by atoms with Crippen LogP contribution in [0.25, 0.3) is 16.7 Å². The molecule has 1 aliphatic rings. The number of aromatic amines is 1. The highest BCUT2D eigenvalue weighted by atomic mass is 35.5. The normalized spacial score (nSPS) is 17.0. The Kier molecular flexibility index (Phi) is 3.62. The molecular weight excluding hydrogens is 340 g/mol. The van der Waals surface area contributed by atoms with Gasteiger partial charge in [0, 0.05) is 35.5 Å². The van der Waals surface area contributed by atoms with Crippen LogP contribution < -0.4 is 11.2 Å². The molecule has 3 heterocycles. The lowest BCUT2D eigenvalue weighted by molar-refractivity contribution is 0.465. The van der Waals surface area contributed by atoms with Gasteiger partial charge in [0.25, 0.3) is 0 Å². The molecule has 7 heteroatoms. The number of aromatic nitrogens is 3. The number of rotatable bonds is 2. The number of nitrogen functional groups attached to an aromatic ring is 1. The number of hydrogen-bond acceptors (Lipinski definition) is 4. The van der Waals surface area contributed by atoms with Crippen molar-refractivity contribution in [3.8, 4) is 5.75 Å². The van der Waals surface area contributed by atoms with Gasteiger partial charge in [0.1, 0.15) is 11.5 Å². The molecule has 0 bridgehead atoms. The lowest BCUT2D eigenvalue weighted by Gasteiger charge is -2.23. The van der Waals surface area contributed by atoms with E-state index >= 15 is 0 Å². The summed E-state index contributed by atoms with van der Waals surface area (Å²) in [6, 6.07) is 3.17. The minimum absolute atomic E-state index is 0.0229. The quantitative estimate of drug-likeness (QED) is 0.658. The van der Waals surface area contributed by atoms with Gasteiger partial charge in [-0.25, -0.2) is 4.98 Å². The van der Waals surface area contributed by atoms with Crippen molar-refractivity contribution in [2.75, 3.05) is 5.73 Å². The van der Waals surface area contributed by atoms with Crippen molar-refractivity contribution in [2.45, 2.75) is 12.3 Å². The van der Waals surface area contributed by atoms with Gasteiger partial charge >= 0.3 is 0 Å². The third-order valence-corrected chi connectivity index (χ3v) is 4.68. The Bertz CT molecular complexity index is 1090. The van der Waals surface area contributed by atoms with Crippen LogP contribution in [0.4, 0.5) is 5.82 Å². The summed E-state index contributed by atoms with van der Waals surface area (Å²) in [6.07, 6.45) is 11.3. The second kappa shape index (κ2) is 5.82. The smallest absolute Gasteiger partial charge is 0.225 e. The maximum absolute atomic E-state index is 11.5. The molecule has 0 saturated carbocycles. The van der Waals surface area contributed by atoms with Gasteiger partial charge in [-0.15, -0.1) is 0 Å². The second-order valence-electron chi connectivity index (χ2n) is 5.93. The molecule has 0 aromatic carbocycles. The maximum atomic E-state index is 11.5. The van der Waals surface area contributed by atoms with Crippen LogP contribution in [0.5, 0.6) is 5.75 Å². The van der Waals surface area contributed by atoms with Crippen LogP contribution in [-0.2, 0) is 0 Å². The third-order valence-electron chi connectivity index (χ3n) is 4.38. The number of hydrogen-bond donors (Lipinski definition) is 3. The summed E-state index contributed by atoms with van der Waals surface area (Å²) < 4.78 is 1.62. The number of pyridine rings is 2. The van der Waals surface area contributed by atoms with E-state index in [1.54, 1.807) is 10.8 Å². The molecule has 4 rings (SSSR count). The van der Waals surface area contributed by atoms with Crippen LogP contribution in [0.2, 0.25) is 5.02 Å². The van der Waals surface area contributed by atoms with Gasteiger partial charge in [-0.1, -0.05) is 23.8 Å². The van der Waals surface area contributed by atoms with E-state index in [0.717, 1.165) is 22.3 Å². The molecule has 3 aromatic heterocycles. The van der Waals surface area contributed by atoms with Crippen molar-refractivity contribution in [3.63, 3.8) is 0 Å². The van der Waals surface area contributed by atoms with Gasteiger partial charge in [0.05, 0.1) is 11.2 Å². The summed E-state index contributed by atoms with van der Waals surface area (Å²) in [5, 5.41) is 11.3. The molecule has 3 aromatic rings. The van der Waals surface area contributed by atoms with E-state index in [1.165, 1.54) is 12.3 Å². The second-order valence-corrected chi connectivity index (χ2v) is 6.34. The van der Waals surface area contributed by atoms with Gasteiger partial charge in [0.2, 0.25) is 5.43 Å². The Balaban J connectivity index is 1.77. The molecule has 25 heavy (non-hydrogen) atoms. The standard InChI is InChI=1S/C18H15ClN4O2/c19-13-8-22-18-12(4-5-21-18)17(13)10-2-1-3-11(6-10)23-9-15(25)14(24)7-16(23)20/h1-5,7-10,25H,6,20H2,(H,21,22). The topological polar surface area (TPSA) is 96.9 Å². The van der Waals surface area contributed by atoms with Crippen LogP contribution >= 0.6 is 11.6 Å². The van der Waals surface area contributed by atoms with Crippen molar-refractivity contribution in [1.82, 2.24) is 14.5 Å². The molecule has 0 aliphatic heterocycles. The van der Waals surface area contributed by atoms with Gasteiger partial charge in [-0.05, 0) is 24.1 Å².